The van der Waals surface area contributed by atoms with E-state index in [1.807, 2.05) is 25.1 Å². The lowest BCUT2D eigenvalue weighted by atomic mass is 9.61. The minimum atomic E-state index is -4.39. The Labute approximate surface area is 188 Å². The van der Waals surface area contributed by atoms with Gasteiger partial charge in [0.25, 0.3) is 0 Å². The fraction of sp³-hybridized carbons (Fsp3) is 0.538. The van der Waals surface area contributed by atoms with E-state index in [2.05, 4.69) is 21.9 Å². The van der Waals surface area contributed by atoms with Crippen LogP contribution in [0, 0.1) is 0 Å². The van der Waals surface area contributed by atoms with Gasteiger partial charge in [0, 0.05) is 38.1 Å². The third kappa shape index (κ3) is 4.33. The van der Waals surface area contributed by atoms with Crippen molar-refractivity contribution in [2.24, 2.45) is 0 Å². The molecule has 0 radical (unpaired) electrons. The number of rotatable bonds is 5. The van der Waals surface area contributed by atoms with Crippen LogP contribution >= 0.6 is 0 Å². The molecular formula is C26H33F3N2O. The predicted molar refractivity (Wildman–Crippen MR) is 120 cm³/mol. The molecule has 1 aliphatic heterocycles. The first kappa shape index (κ1) is 23.3. The average Bonchev–Trinajstić information content (AvgIpc) is 2.80. The van der Waals surface area contributed by atoms with Crippen LogP contribution in [0.5, 0.6) is 0 Å². The molecule has 0 amide bonds. The van der Waals surface area contributed by atoms with Gasteiger partial charge in [-0.15, -0.1) is 0 Å². The van der Waals surface area contributed by atoms with Crippen LogP contribution in [0.1, 0.15) is 55.7 Å². The molecular weight excluding hydrogens is 413 g/mol. The lowest BCUT2D eigenvalue weighted by Gasteiger charge is -2.57. The summed E-state index contributed by atoms with van der Waals surface area (Å²) in [4.78, 5) is 4.54. The molecule has 0 spiro atoms. The van der Waals surface area contributed by atoms with Crippen molar-refractivity contribution < 1.29 is 18.3 Å². The van der Waals surface area contributed by atoms with Gasteiger partial charge in [-0.05, 0) is 42.9 Å². The van der Waals surface area contributed by atoms with Crippen molar-refractivity contribution in [2.75, 3.05) is 26.2 Å². The lowest BCUT2D eigenvalue weighted by molar-refractivity contribution is -0.196. The van der Waals surface area contributed by atoms with Crippen molar-refractivity contribution in [2.45, 2.75) is 62.9 Å². The van der Waals surface area contributed by atoms with Gasteiger partial charge in [-0.2, -0.15) is 13.2 Å². The monoisotopic (exact) mass is 446 g/mol. The van der Waals surface area contributed by atoms with E-state index in [1.54, 1.807) is 6.07 Å². The molecule has 1 aliphatic carbocycles. The topological polar surface area (TPSA) is 26.7 Å². The maximum absolute atomic E-state index is 13.5. The van der Waals surface area contributed by atoms with E-state index in [0.717, 1.165) is 38.5 Å². The molecule has 3 nitrogen and oxygen atoms in total. The summed E-state index contributed by atoms with van der Waals surface area (Å²) >= 11 is 0. The van der Waals surface area contributed by atoms with Gasteiger partial charge < -0.3 is 5.11 Å². The SMILES string of the molecule is CCC1(c2cccc(C(F)(F)F)c2)CCCCC1(O)N1CCN(Cc2ccccc2)CC1. The zero-order valence-corrected chi connectivity index (χ0v) is 18.7. The second-order valence-corrected chi connectivity index (χ2v) is 9.29. The molecule has 2 aromatic rings. The summed E-state index contributed by atoms with van der Waals surface area (Å²) in [6, 6.07) is 16.0. The highest BCUT2D eigenvalue weighted by molar-refractivity contribution is 5.35. The Morgan fingerprint density at radius 1 is 0.906 bits per heavy atom. The summed E-state index contributed by atoms with van der Waals surface area (Å²) < 4.78 is 40.4. The van der Waals surface area contributed by atoms with E-state index in [9.17, 15) is 18.3 Å². The third-order valence-electron chi connectivity index (χ3n) is 7.64. The van der Waals surface area contributed by atoms with Crippen molar-refractivity contribution in [3.63, 3.8) is 0 Å². The molecule has 2 atom stereocenters. The number of aliphatic hydroxyl groups is 1. The van der Waals surface area contributed by atoms with E-state index >= 15 is 0 Å². The first-order valence-electron chi connectivity index (χ1n) is 11.7. The zero-order valence-electron chi connectivity index (χ0n) is 18.7. The normalized spacial score (nSPS) is 28.0. The van der Waals surface area contributed by atoms with Crippen LogP contribution in [0.4, 0.5) is 13.2 Å². The molecule has 1 saturated carbocycles. The van der Waals surface area contributed by atoms with Crippen LogP contribution in [-0.4, -0.2) is 46.8 Å². The molecule has 2 fully saturated rings. The van der Waals surface area contributed by atoms with Gasteiger partial charge >= 0.3 is 6.18 Å². The summed E-state index contributed by atoms with van der Waals surface area (Å²) in [7, 11) is 0. The van der Waals surface area contributed by atoms with Crippen LogP contribution in [0.3, 0.4) is 0 Å². The minimum absolute atomic E-state index is 0.593. The van der Waals surface area contributed by atoms with Gasteiger partial charge in [-0.1, -0.05) is 61.9 Å². The van der Waals surface area contributed by atoms with Gasteiger partial charge in [-0.3, -0.25) is 9.80 Å². The van der Waals surface area contributed by atoms with Gasteiger partial charge in [-0.25, -0.2) is 0 Å². The second-order valence-electron chi connectivity index (χ2n) is 9.29. The molecule has 1 saturated heterocycles. The fourth-order valence-electron chi connectivity index (χ4n) is 5.85. The van der Waals surface area contributed by atoms with Crippen LogP contribution in [0.15, 0.2) is 54.6 Å². The second kappa shape index (κ2) is 9.16. The Hall–Kier alpha value is -1.89. The summed E-state index contributed by atoms with van der Waals surface area (Å²) in [5, 5.41) is 12.2. The lowest BCUT2D eigenvalue weighted by Crippen LogP contribution is -2.67. The van der Waals surface area contributed by atoms with Crippen LogP contribution in [0.25, 0.3) is 0 Å². The number of alkyl halides is 3. The minimum Gasteiger partial charge on any atom is -0.375 e. The highest BCUT2D eigenvalue weighted by Gasteiger charge is 2.55. The van der Waals surface area contributed by atoms with E-state index in [0.29, 0.717) is 37.9 Å². The number of benzene rings is 2. The molecule has 2 aliphatic rings. The fourth-order valence-corrected chi connectivity index (χ4v) is 5.85. The maximum atomic E-state index is 13.5. The van der Waals surface area contributed by atoms with Gasteiger partial charge in [0.05, 0.1) is 5.56 Å². The maximum Gasteiger partial charge on any atom is 0.416 e. The molecule has 1 N–H and O–H groups in total. The van der Waals surface area contributed by atoms with Gasteiger partial charge in [0.1, 0.15) is 5.72 Å². The summed E-state index contributed by atoms with van der Waals surface area (Å²) in [6.45, 7) is 5.97. The summed E-state index contributed by atoms with van der Waals surface area (Å²) in [6.07, 6.45) is -0.682. The molecule has 174 valence electrons. The number of piperazine rings is 1. The molecule has 0 aromatic heterocycles. The van der Waals surface area contributed by atoms with E-state index in [1.165, 1.54) is 17.7 Å². The third-order valence-corrected chi connectivity index (χ3v) is 7.64. The first-order chi connectivity index (χ1) is 15.3. The molecule has 2 unspecified atom stereocenters. The van der Waals surface area contributed by atoms with Crippen LogP contribution in [0.2, 0.25) is 0 Å². The zero-order chi connectivity index (χ0) is 22.8. The standard InChI is InChI=1S/C26H33F3N2O/c1-2-24(22-11-8-12-23(19-22)26(27,28)29)13-6-7-14-25(24,32)31-17-15-30(16-18-31)20-21-9-4-3-5-10-21/h3-5,8-12,19,32H,2,6-7,13-18,20H2,1H3. The Bertz CT molecular complexity index is 895. The predicted octanol–water partition coefficient (Wildman–Crippen LogP) is 5.43. The Morgan fingerprint density at radius 2 is 1.59 bits per heavy atom. The molecule has 0 bridgehead atoms. The Balaban J connectivity index is 1.58. The van der Waals surface area contributed by atoms with E-state index in [4.69, 9.17) is 0 Å². The molecule has 6 heteroatoms. The number of hydrogen-bond donors (Lipinski definition) is 1. The highest BCUT2D eigenvalue weighted by Crippen LogP contribution is 2.51. The van der Waals surface area contributed by atoms with Crippen molar-refractivity contribution in [1.82, 2.24) is 9.80 Å². The van der Waals surface area contributed by atoms with E-state index in [-0.39, 0.29) is 0 Å². The van der Waals surface area contributed by atoms with Crippen molar-refractivity contribution in [3.05, 3.63) is 71.3 Å². The van der Waals surface area contributed by atoms with Crippen molar-refractivity contribution in [1.29, 1.82) is 0 Å². The van der Waals surface area contributed by atoms with Crippen molar-refractivity contribution >= 4 is 0 Å². The van der Waals surface area contributed by atoms with Crippen molar-refractivity contribution in [3.8, 4) is 0 Å². The average molecular weight is 447 g/mol. The first-order valence-corrected chi connectivity index (χ1v) is 11.7. The highest BCUT2D eigenvalue weighted by atomic mass is 19.4. The van der Waals surface area contributed by atoms with Gasteiger partial charge in [0.2, 0.25) is 0 Å². The summed E-state index contributed by atoms with van der Waals surface area (Å²) in [5.41, 5.74) is -0.590. The number of hydrogen-bond acceptors (Lipinski definition) is 3. The molecule has 1 heterocycles. The number of nitrogens with zero attached hydrogens (tertiary/aromatic N) is 2. The van der Waals surface area contributed by atoms with Crippen LogP contribution < -0.4 is 0 Å². The Kier molecular flexibility index (Phi) is 6.66. The Morgan fingerprint density at radius 3 is 2.25 bits per heavy atom. The smallest absolute Gasteiger partial charge is 0.375 e. The number of halogens is 3. The largest absolute Gasteiger partial charge is 0.416 e. The van der Waals surface area contributed by atoms with Gasteiger partial charge in [0.15, 0.2) is 0 Å². The van der Waals surface area contributed by atoms with E-state index < -0.39 is 22.9 Å². The molecule has 2 aromatic carbocycles. The summed E-state index contributed by atoms with van der Waals surface area (Å²) in [5.74, 6) is 0. The van der Waals surface area contributed by atoms with Crippen LogP contribution in [-0.2, 0) is 18.1 Å². The molecule has 32 heavy (non-hydrogen) atoms. The molecule has 4 rings (SSSR count). The quantitative estimate of drug-likeness (QED) is 0.663.